The second kappa shape index (κ2) is 9.93. The van der Waals surface area contributed by atoms with E-state index in [1.807, 2.05) is 38.1 Å². The zero-order valence-electron chi connectivity index (χ0n) is 14.2. The molecular formula is C17H24ClN5O. The van der Waals surface area contributed by atoms with E-state index in [1.54, 1.807) is 0 Å². The van der Waals surface area contributed by atoms with Crippen LogP contribution in [0.25, 0.3) is 0 Å². The van der Waals surface area contributed by atoms with Crippen molar-refractivity contribution in [2.75, 3.05) is 19.6 Å². The summed E-state index contributed by atoms with van der Waals surface area (Å²) < 4.78 is 5.09. The summed E-state index contributed by atoms with van der Waals surface area (Å²) >= 11 is 6.17. The highest BCUT2D eigenvalue weighted by Crippen LogP contribution is 2.14. The van der Waals surface area contributed by atoms with Crippen LogP contribution < -0.4 is 10.6 Å². The van der Waals surface area contributed by atoms with Crippen LogP contribution in [0.2, 0.25) is 5.02 Å². The summed E-state index contributed by atoms with van der Waals surface area (Å²) in [4.78, 5) is 8.75. The van der Waals surface area contributed by atoms with Crippen molar-refractivity contribution in [2.45, 2.75) is 33.1 Å². The molecular weight excluding hydrogens is 326 g/mol. The Balaban J connectivity index is 1.74. The summed E-state index contributed by atoms with van der Waals surface area (Å²) in [5, 5.41) is 11.1. The van der Waals surface area contributed by atoms with Crippen molar-refractivity contribution in [1.29, 1.82) is 0 Å². The van der Waals surface area contributed by atoms with Crippen molar-refractivity contribution in [1.82, 2.24) is 20.8 Å². The molecule has 1 aromatic carbocycles. The molecule has 2 N–H and O–H groups in total. The van der Waals surface area contributed by atoms with E-state index >= 15 is 0 Å². The summed E-state index contributed by atoms with van der Waals surface area (Å²) in [6.07, 6.45) is 2.46. The fraction of sp³-hybridized carbons (Fsp3) is 0.471. The van der Waals surface area contributed by atoms with E-state index in [0.717, 1.165) is 48.9 Å². The van der Waals surface area contributed by atoms with Gasteiger partial charge >= 0.3 is 0 Å². The van der Waals surface area contributed by atoms with Crippen molar-refractivity contribution in [3.05, 3.63) is 46.6 Å². The number of guanidine groups is 1. The Morgan fingerprint density at radius 1 is 1.25 bits per heavy atom. The third-order valence-corrected chi connectivity index (χ3v) is 3.75. The minimum atomic E-state index is 0.666. The lowest BCUT2D eigenvalue weighted by atomic mass is 10.1. The van der Waals surface area contributed by atoms with E-state index in [0.29, 0.717) is 18.3 Å². The fourth-order valence-electron chi connectivity index (χ4n) is 2.22. The molecule has 0 saturated carbocycles. The van der Waals surface area contributed by atoms with Crippen molar-refractivity contribution in [3.63, 3.8) is 0 Å². The molecule has 0 amide bonds. The van der Waals surface area contributed by atoms with E-state index in [4.69, 9.17) is 16.1 Å². The molecule has 24 heavy (non-hydrogen) atoms. The first-order valence-electron chi connectivity index (χ1n) is 8.24. The van der Waals surface area contributed by atoms with Crippen molar-refractivity contribution < 1.29 is 4.52 Å². The third-order valence-electron chi connectivity index (χ3n) is 3.38. The average Bonchev–Trinajstić information content (AvgIpc) is 2.98. The topological polar surface area (TPSA) is 75.3 Å². The van der Waals surface area contributed by atoms with Gasteiger partial charge in [-0.25, -0.2) is 0 Å². The van der Waals surface area contributed by atoms with Crippen LogP contribution in [0.15, 0.2) is 33.8 Å². The molecule has 1 aromatic heterocycles. The second-order valence-electron chi connectivity index (χ2n) is 5.37. The first kappa shape index (κ1) is 18.3. The van der Waals surface area contributed by atoms with Gasteiger partial charge in [-0.05, 0) is 38.3 Å². The van der Waals surface area contributed by atoms with Crippen LogP contribution in [0.3, 0.4) is 0 Å². The molecule has 7 heteroatoms. The monoisotopic (exact) mass is 349 g/mol. The van der Waals surface area contributed by atoms with Crippen LogP contribution in [0.5, 0.6) is 0 Å². The van der Waals surface area contributed by atoms with Gasteiger partial charge in [0.15, 0.2) is 11.8 Å². The van der Waals surface area contributed by atoms with Crippen LogP contribution in [0, 0.1) is 6.92 Å². The molecule has 6 nitrogen and oxygen atoms in total. The van der Waals surface area contributed by atoms with Crippen LogP contribution in [-0.2, 0) is 12.8 Å². The van der Waals surface area contributed by atoms with Crippen LogP contribution in [-0.4, -0.2) is 35.7 Å². The lowest BCUT2D eigenvalue weighted by Crippen LogP contribution is -2.38. The van der Waals surface area contributed by atoms with E-state index in [1.165, 1.54) is 0 Å². The first-order valence-corrected chi connectivity index (χ1v) is 8.61. The van der Waals surface area contributed by atoms with Crippen LogP contribution in [0.1, 0.15) is 30.6 Å². The normalized spacial score (nSPS) is 11.5. The molecule has 2 rings (SSSR count). The second-order valence-corrected chi connectivity index (χ2v) is 5.77. The molecule has 0 spiro atoms. The molecule has 0 saturated heterocycles. The largest absolute Gasteiger partial charge is 0.357 e. The Bertz CT molecular complexity index is 656. The highest BCUT2D eigenvalue weighted by molar-refractivity contribution is 6.31. The minimum absolute atomic E-state index is 0.666. The number of aryl methyl sites for hydroxylation is 2. The lowest BCUT2D eigenvalue weighted by Gasteiger charge is -2.11. The number of hydrogen-bond donors (Lipinski definition) is 2. The number of nitrogens with one attached hydrogen (secondary N) is 2. The van der Waals surface area contributed by atoms with E-state index in [9.17, 15) is 0 Å². The van der Waals surface area contributed by atoms with Gasteiger partial charge in [-0.3, -0.25) is 4.99 Å². The number of aliphatic imine (C=N–C) groups is 1. The molecule has 130 valence electrons. The standard InChI is InChI=1S/C17H24ClN5O/c1-3-19-17(20-11-6-9-16-22-13(2)23-24-16)21-12-10-14-7-4-5-8-15(14)18/h4-5,7-8H,3,6,9-12H2,1-2H3,(H2,19,20,21). The number of nitrogens with zero attached hydrogens (tertiary/aromatic N) is 3. The van der Waals surface area contributed by atoms with E-state index in [-0.39, 0.29) is 0 Å². The smallest absolute Gasteiger partial charge is 0.226 e. The molecule has 0 unspecified atom stereocenters. The first-order chi connectivity index (χ1) is 11.7. The van der Waals surface area contributed by atoms with Gasteiger partial charge in [0.25, 0.3) is 0 Å². The third kappa shape index (κ3) is 6.20. The zero-order valence-corrected chi connectivity index (χ0v) is 14.9. The summed E-state index contributed by atoms with van der Waals surface area (Å²) in [5.41, 5.74) is 1.13. The summed E-state index contributed by atoms with van der Waals surface area (Å²) in [6.45, 7) is 6.16. The Hall–Kier alpha value is -2.08. The Morgan fingerprint density at radius 2 is 2.08 bits per heavy atom. The van der Waals surface area contributed by atoms with Gasteiger partial charge in [0, 0.05) is 31.1 Å². The van der Waals surface area contributed by atoms with Gasteiger partial charge in [0.05, 0.1) is 0 Å². The zero-order chi connectivity index (χ0) is 17.2. The summed E-state index contributed by atoms with van der Waals surface area (Å²) in [5.74, 6) is 2.15. The van der Waals surface area contributed by atoms with Crippen LogP contribution in [0.4, 0.5) is 0 Å². The molecule has 1 heterocycles. The summed E-state index contributed by atoms with van der Waals surface area (Å²) in [7, 11) is 0. The molecule has 0 atom stereocenters. The highest BCUT2D eigenvalue weighted by Gasteiger charge is 2.03. The number of halogens is 1. The van der Waals surface area contributed by atoms with Crippen molar-refractivity contribution in [3.8, 4) is 0 Å². The maximum atomic E-state index is 6.17. The predicted octanol–water partition coefficient (Wildman–Crippen LogP) is 2.76. The lowest BCUT2D eigenvalue weighted by molar-refractivity contribution is 0.372. The fourth-order valence-corrected chi connectivity index (χ4v) is 2.45. The Labute approximate surface area is 147 Å². The number of rotatable bonds is 8. The van der Waals surface area contributed by atoms with Gasteiger partial charge in [-0.2, -0.15) is 4.98 Å². The molecule has 0 bridgehead atoms. The van der Waals surface area contributed by atoms with Gasteiger partial charge in [-0.1, -0.05) is 35.0 Å². The summed E-state index contributed by atoms with van der Waals surface area (Å²) in [6, 6.07) is 7.89. The van der Waals surface area contributed by atoms with E-state index < -0.39 is 0 Å². The quantitative estimate of drug-likeness (QED) is 0.435. The van der Waals surface area contributed by atoms with Gasteiger partial charge < -0.3 is 15.2 Å². The van der Waals surface area contributed by atoms with Gasteiger partial charge in [0.1, 0.15) is 0 Å². The van der Waals surface area contributed by atoms with Gasteiger partial charge in [-0.15, -0.1) is 0 Å². The van der Waals surface area contributed by atoms with Crippen molar-refractivity contribution >= 4 is 17.6 Å². The number of hydrogen-bond acceptors (Lipinski definition) is 4. The van der Waals surface area contributed by atoms with Crippen molar-refractivity contribution in [2.24, 2.45) is 4.99 Å². The Kier molecular flexibility index (Phi) is 7.55. The SMILES string of the molecule is CCNC(=NCCCc1nc(C)no1)NCCc1ccccc1Cl. The minimum Gasteiger partial charge on any atom is -0.357 e. The number of aromatic nitrogens is 2. The Morgan fingerprint density at radius 3 is 2.79 bits per heavy atom. The van der Waals surface area contributed by atoms with E-state index in [2.05, 4.69) is 25.8 Å². The maximum absolute atomic E-state index is 6.17. The molecule has 0 radical (unpaired) electrons. The molecule has 0 aliphatic heterocycles. The molecule has 0 aliphatic carbocycles. The highest BCUT2D eigenvalue weighted by atomic mass is 35.5. The van der Waals surface area contributed by atoms with Gasteiger partial charge in [0.2, 0.25) is 5.89 Å². The van der Waals surface area contributed by atoms with Crippen LogP contribution >= 0.6 is 11.6 Å². The molecule has 0 aliphatic rings. The predicted molar refractivity (Wildman–Crippen MR) is 96.5 cm³/mol. The molecule has 2 aromatic rings. The molecule has 0 fully saturated rings. The number of benzene rings is 1. The maximum Gasteiger partial charge on any atom is 0.226 e. The average molecular weight is 350 g/mol.